The van der Waals surface area contributed by atoms with Gasteiger partial charge in [0.2, 0.25) is 5.13 Å². The third-order valence-corrected chi connectivity index (χ3v) is 3.74. The van der Waals surface area contributed by atoms with E-state index < -0.39 is 0 Å². The van der Waals surface area contributed by atoms with Crippen LogP contribution in [0.15, 0.2) is 0 Å². The number of hydrogen-bond donors (Lipinski definition) is 1. The van der Waals surface area contributed by atoms with Crippen molar-refractivity contribution in [2.24, 2.45) is 7.05 Å². The topological polar surface area (TPSA) is 55.6 Å². The Kier molecular flexibility index (Phi) is 3.96. The molecule has 0 saturated carbocycles. The van der Waals surface area contributed by atoms with Gasteiger partial charge < -0.3 is 5.32 Å². The molecule has 0 spiro atoms. The fourth-order valence-corrected chi connectivity index (χ4v) is 2.70. The SMILES string of the molecule is CCc1nn(C)c(CC)c1CNc1nc(C)ns1. The highest BCUT2D eigenvalue weighted by Crippen LogP contribution is 2.18. The van der Waals surface area contributed by atoms with E-state index in [1.165, 1.54) is 28.5 Å². The number of aromatic nitrogens is 4. The van der Waals surface area contributed by atoms with Crippen molar-refractivity contribution in [2.75, 3.05) is 5.32 Å². The maximum absolute atomic E-state index is 4.56. The third kappa shape index (κ3) is 2.53. The molecule has 2 aromatic heterocycles. The molecule has 0 bridgehead atoms. The van der Waals surface area contributed by atoms with Gasteiger partial charge in [-0.1, -0.05) is 13.8 Å². The van der Waals surface area contributed by atoms with Gasteiger partial charge in [-0.25, -0.2) is 4.98 Å². The van der Waals surface area contributed by atoms with E-state index in [9.17, 15) is 0 Å². The van der Waals surface area contributed by atoms with Crippen molar-refractivity contribution in [1.29, 1.82) is 0 Å². The van der Waals surface area contributed by atoms with Crippen LogP contribution in [0.5, 0.6) is 0 Å². The molecule has 18 heavy (non-hydrogen) atoms. The molecule has 0 amide bonds. The van der Waals surface area contributed by atoms with Gasteiger partial charge >= 0.3 is 0 Å². The molecule has 2 heterocycles. The average Bonchev–Trinajstić information content (AvgIpc) is 2.90. The molecule has 0 atom stereocenters. The maximum Gasteiger partial charge on any atom is 0.202 e. The molecule has 0 unspecified atom stereocenters. The summed E-state index contributed by atoms with van der Waals surface area (Å²) >= 11 is 1.40. The standard InChI is InChI=1S/C12H19N5S/c1-5-10-9(11(6-2)17(4)15-10)7-13-12-14-8(3)16-18-12/h5-7H2,1-4H3,(H,13,14,16). The summed E-state index contributed by atoms with van der Waals surface area (Å²) in [6, 6.07) is 0. The Balaban J connectivity index is 2.17. The molecule has 0 aromatic carbocycles. The zero-order valence-corrected chi connectivity index (χ0v) is 12.1. The number of anilines is 1. The molecular weight excluding hydrogens is 246 g/mol. The van der Waals surface area contributed by atoms with Gasteiger partial charge in [0, 0.05) is 36.4 Å². The van der Waals surface area contributed by atoms with Crippen molar-refractivity contribution < 1.29 is 0 Å². The van der Waals surface area contributed by atoms with Crippen LogP contribution in [0.25, 0.3) is 0 Å². The number of rotatable bonds is 5. The molecule has 0 saturated heterocycles. The van der Waals surface area contributed by atoms with E-state index in [0.717, 1.165) is 30.3 Å². The fraction of sp³-hybridized carbons (Fsp3) is 0.583. The highest BCUT2D eigenvalue weighted by molar-refractivity contribution is 7.09. The predicted octanol–water partition coefficient (Wildman–Crippen LogP) is 2.32. The van der Waals surface area contributed by atoms with Crippen LogP contribution < -0.4 is 5.32 Å². The molecule has 0 aliphatic rings. The van der Waals surface area contributed by atoms with Crippen LogP contribution in [0, 0.1) is 6.92 Å². The van der Waals surface area contributed by atoms with Crippen LogP contribution in [-0.2, 0) is 26.4 Å². The minimum atomic E-state index is 0.773. The van der Waals surface area contributed by atoms with E-state index in [1.807, 2.05) is 18.7 Å². The van der Waals surface area contributed by atoms with E-state index in [1.54, 1.807) is 0 Å². The summed E-state index contributed by atoms with van der Waals surface area (Å²) in [7, 11) is 2.01. The Morgan fingerprint density at radius 1 is 1.28 bits per heavy atom. The van der Waals surface area contributed by atoms with Crippen LogP contribution in [0.1, 0.15) is 36.6 Å². The summed E-state index contributed by atoms with van der Waals surface area (Å²) in [6.07, 6.45) is 1.95. The second-order valence-corrected chi connectivity index (χ2v) is 4.95. The molecule has 0 radical (unpaired) electrons. The zero-order valence-electron chi connectivity index (χ0n) is 11.3. The van der Waals surface area contributed by atoms with Gasteiger partial charge in [-0.2, -0.15) is 9.47 Å². The Hall–Kier alpha value is -1.43. The Bertz CT molecular complexity index is 529. The second kappa shape index (κ2) is 5.48. The summed E-state index contributed by atoms with van der Waals surface area (Å²) in [5, 5.41) is 8.77. The molecule has 0 aliphatic carbocycles. The van der Waals surface area contributed by atoms with Gasteiger partial charge in [0.25, 0.3) is 0 Å². The number of aryl methyl sites for hydroxylation is 3. The number of nitrogens with zero attached hydrogens (tertiary/aromatic N) is 4. The van der Waals surface area contributed by atoms with Crippen molar-refractivity contribution in [1.82, 2.24) is 19.1 Å². The first-order valence-corrected chi connectivity index (χ1v) is 7.00. The largest absolute Gasteiger partial charge is 0.356 e. The molecule has 0 fully saturated rings. The highest BCUT2D eigenvalue weighted by atomic mass is 32.1. The first-order chi connectivity index (χ1) is 8.65. The quantitative estimate of drug-likeness (QED) is 0.901. The van der Waals surface area contributed by atoms with Gasteiger partial charge in [0.05, 0.1) is 5.69 Å². The summed E-state index contributed by atoms with van der Waals surface area (Å²) in [5.74, 6) is 0.820. The van der Waals surface area contributed by atoms with Gasteiger partial charge in [0.15, 0.2) is 0 Å². The lowest BCUT2D eigenvalue weighted by Crippen LogP contribution is -2.04. The molecule has 2 rings (SSSR count). The molecular formula is C12H19N5S. The lowest BCUT2D eigenvalue weighted by molar-refractivity contribution is 0.703. The van der Waals surface area contributed by atoms with E-state index in [0.29, 0.717) is 0 Å². The second-order valence-electron chi connectivity index (χ2n) is 4.20. The van der Waals surface area contributed by atoms with Crippen LogP contribution in [0.3, 0.4) is 0 Å². The minimum Gasteiger partial charge on any atom is -0.356 e. The molecule has 1 N–H and O–H groups in total. The molecule has 6 heteroatoms. The zero-order chi connectivity index (χ0) is 13.1. The normalized spacial score (nSPS) is 10.9. The summed E-state index contributed by atoms with van der Waals surface area (Å²) < 4.78 is 6.15. The lowest BCUT2D eigenvalue weighted by Gasteiger charge is -2.05. The van der Waals surface area contributed by atoms with E-state index in [4.69, 9.17) is 0 Å². The summed E-state index contributed by atoms with van der Waals surface area (Å²) in [6.45, 7) is 6.98. The van der Waals surface area contributed by atoms with Crippen molar-refractivity contribution in [3.63, 3.8) is 0 Å². The van der Waals surface area contributed by atoms with Crippen molar-refractivity contribution >= 4 is 16.7 Å². The summed E-state index contributed by atoms with van der Waals surface area (Å²) in [4.78, 5) is 4.31. The monoisotopic (exact) mass is 265 g/mol. The van der Waals surface area contributed by atoms with E-state index in [2.05, 4.69) is 33.6 Å². The van der Waals surface area contributed by atoms with Crippen molar-refractivity contribution in [3.05, 3.63) is 22.8 Å². The van der Waals surface area contributed by atoms with Gasteiger partial charge in [-0.3, -0.25) is 4.68 Å². The Morgan fingerprint density at radius 2 is 2.06 bits per heavy atom. The average molecular weight is 265 g/mol. The van der Waals surface area contributed by atoms with E-state index >= 15 is 0 Å². The first-order valence-electron chi connectivity index (χ1n) is 6.23. The van der Waals surface area contributed by atoms with Crippen molar-refractivity contribution in [3.8, 4) is 0 Å². The molecule has 0 aliphatic heterocycles. The molecule has 2 aromatic rings. The minimum absolute atomic E-state index is 0.773. The Labute approximate surface area is 111 Å². The van der Waals surface area contributed by atoms with Crippen LogP contribution in [0.2, 0.25) is 0 Å². The fourth-order valence-electron chi connectivity index (χ4n) is 2.13. The third-order valence-electron chi connectivity index (χ3n) is 2.97. The summed E-state index contributed by atoms with van der Waals surface area (Å²) in [5.41, 5.74) is 3.76. The van der Waals surface area contributed by atoms with Crippen LogP contribution >= 0.6 is 11.5 Å². The van der Waals surface area contributed by atoms with Gasteiger partial charge in [-0.15, -0.1) is 0 Å². The van der Waals surface area contributed by atoms with Crippen molar-refractivity contribution in [2.45, 2.75) is 40.2 Å². The highest BCUT2D eigenvalue weighted by Gasteiger charge is 2.13. The first kappa shape index (κ1) is 13.0. The lowest BCUT2D eigenvalue weighted by atomic mass is 10.1. The van der Waals surface area contributed by atoms with Crippen LogP contribution in [-0.4, -0.2) is 19.1 Å². The van der Waals surface area contributed by atoms with Gasteiger partial charge in [0.1, 0.15) is 5.82 Å². The molecule has 98 valence electrons. The molecule has 5 nitrogen and oxygen atoms in total. The smallest absolute Gasteiger partial charge is 0.202 e. The van der Waals surface area contributed by atoms with Crippen LogP contribution in [0.4, 0.5) is 5.13 Å². The Morgan fingerprint density at radius 3 is 2.61 bits per heavy atom. The number of hydrogen-bond acceptors (Lipinski definition) is 5. The van der Waals surface area contributed by atoms with Gasteiger partial charge in [-0.05, 0) is 19.8 Å². The number of nitrogens with one attached hydrogen (secondary N) is 1. The predicted molar refractivity (Wildman–Crippen MR) is 73.9 cm³/mol. The van der Waals surface area contributed by atoms with E-state index in [-0.39, 0.29) is 0 Å². The maximum atomic E-state index is 4.56.